The predicted octanol–water partition coefficient (Wildman–Crippen LogP) is 2.38. The fourth-order valence-corrected chi connectivity index (χ4v) is 2.39. The highest BCUT2D eigenvalue weighted by atomic mass is 79.9. The summed E-state index contributed by atoms with van der Waals surface area (Å²) in [7, 11) is 5.22. The van der Waals surface area contributed by atoms with E-state index in [0.717, 1.165) is 10.0 Å². The Labute approximate surface area is 127 Å². The van der Waals surface area contributed by atoms with E-state index in [1.165, 1.54) is 12.8 Å². The van der Waals surface area contributed by atoms with Gasteiger partial charge in [-0.15, -0.1) is 0 Å². The van der Waals surface area contributed by atoms with Gasteiger partial charge >= 0.3 is 0 Å². The number of methoxy groups -OCH3 is 2. The van der Waals surface area contributed by atoms with E-state index in [-0.39, 0.29) is 0 Å². The van der Waals surface area contributed by atoms with Crippen molar-refractivity contribution in [3.05, 3.63) is 22.2 Å². The molecule has 5 nitrogen and oxygen atoms in total. The Balaban J connectivity index is 2.14. The molecule has 1 saturated carbocycles. The van der Waals surface area contributed by atoms with Crippen LogP contribution in [0.15, 0.2) is 21.6 Å². The fraction of sp³-hybridized carbons (Fsp3) is 0.500. The summed E-state index contributed by atoms with van der Waals surface area (Å²) in [6.07, 6.45) is 2.40. The van der Waals surface area contributed by atoms with E-state index in [2.05, 4.69) is 20.9 Å². The van der Waals surface area contributed by atoms with E-state index in [1.807, 2.05) is 24.1 Å². The van der Waals surface area contributed by atoms with Gasteiger partial charge in [0.05, 0.1) is 20.8 Å². The molecule has 0 saturated heterocycles. The van der Waals surface area contributed by atoms with Crippen LogP contribution in [0.2, 0.25) is 0 Å². The van der Waals surface area contributed by atoms with Crippen molar-refractivity contribution in [2.75, 3.05) is 21.3 Å². The van der Waals surface area contributed by atoms with Crippen LogP contribution in [-0.4, -0.2) is 38.2 Å². The number of hydrogen-bond donors (Lipinski definition) is 1. The predicted molar refractivity (Wildman–Crippen MR) is 83.4 cm³/mol. The Hall–Kier alpha value is -1.43. The van der Waals surface area contributed by atoms with Gasteiger partial charge in [0.1, 0.15) is 0 Å². The number of halogens is 1. The second-order valence-electron chi connectivity index (χ2n) is 4.82. The van der Waals surface area contributed by atoms with E-state index in [4.69, 9.17) is 15.2 Å². The molecule has 2 rings (SSSR count). The number of nitrogens with two attached hydrogens (primary N) is 1. The van der Waals surface area contributed by atoms with Gasteiger partial charge in [0.2, 0.25) is 0 Å². The normalized spacial score (nSPS) is 15.1. The molecule has 1 fully saturated rings. The second-order valence-corrected chi connectivity index (χ2v) is 5.67. The SMILES string of the molecule is COc1cc(Br)c(CN=C(N)N(C)C2CC2)cc1OC. The largest absolute Gasteiger partial charge is 0.493 e. The standard InChI is InChI=1S/C14H20BrN3O2/c1-18(10-4-5-10)14(16)17-8-9-6-12(19-2)13(20-3)7-11(9)15/h6-7,10H,4-5,8H2,1-3H3,(H2,16,17). The molecule has 0 amide bonds. The average Bonchev–Trinajstić information content (AvgIpc) is 3.28. The molecule has 0 radical (unpaired) electrons. The number of guanidine groups is 1. The minimum atomic E-state index is 0.504. The van der Waals surface area contributed by atoms with Gasteiger partial charge in [-0.25, -0.2) is 4.99 Å². The van der Waals surface area contributed by atoms with Gasteiger partial charge in [-0.05, 0) is 30.5 Å². The molecule has 0 aliphatic heterocycles. The Morgan fingerprint density at radius 1 is 1.35 bits per heavy atom. The minimum Gasteiger partial charge on any atom is -0.493 e. The third-order valence-corrected chi connectivity index (χ3v) is 4.16. The van der Waals surface area contributed by atoms with E-state index in [0.29, 0.717) is 30.0 Å². The lowest BCUT2D eigenvalue weighted by Crippen LogP contribution is -2.35. The zero-order valence-electron chi connectivity index (χ0n) is 12.0. The van der Waals surface area contributed by atoms with Crippen LogP contribution in [0, 0.1) is 0 Å². The number of hydrogen-bond acceptors (Lipinski definition) is 3. The Morgan fingerprint density at radius 2 is 1.95 bits per heavy atom. The first-order valence-corrected chi connectivity index (χ1v) is 7.29. The van der Waals surface area contributed by atoms with Crippen LogP contribution in [-0.2, 0) is 6.54 Å². The maximum absolute atomic E-state index is 5.99. The first-order valence-electron chi connectivity index (χ1n) is 6.50. The lowest BCUT2D eigenvalue weighted by Gasteiger charge is -2.17. The number of nitrogens with zero attached hydrogens (tertiary/aromatic N) is 2. The van der Waals surface area contributed by atoms with E-state index >= 15 is 0 Å². The van der Waals surface area contributed by atoms with E-state index in [9.17, 15) is 0 Å². The van der Waals surface area contributed by atoms with E-state index < -0.39 is 0 Å². The Kier molecular flexibility index (Phi) is 4.75. The molecule has 6 heteroatoms. The summed E-state index contributed by atoms with van der Waals surface area (Å²) in [5.41, 5.74) is 7.00. The molecule has 0 aromatic heterocycles. The molecule has 0 spiro atoms. The summed E-state index contributed by atoms with van der Waals surface area (Å²) in [4.78, 5) is 6.48. The van der Waals surface area contributed by atoms with Crippen molar-refractivity contribution in [2.24, 2.45) is 10.7 Å². The smallest absolute Gasteiger partial charge is 0.191 e. The van der Waals surface area contributed by atoms with Crippen LogP contribution in [0.25, 0.3) is 0 Å². The van der Waals surface area contributed by atoms with Crippen molar-refractivity contribution in [1.29, 1.82) is 0 Å². The van der Waals surface area contributed by atoms with Crippen LogP contribution in [0.5, 0.6) is 11.5 Å². The maximum atomic E-state index is 5.99. The number of benzene rings is 1. The minimum absolute atomic E-state index is 0.504. The van der Waals surface area contributed by atoms with Gasteiger partial charge in [-0.2, -0.15) is 0 Å². The van der Waals surface area contributed by atoms with Crippen LogP contribution in [0.3, 0.4) is 0 Å². The van der Waals surface area contributed by atoms with Crippen LogP contribution < -0.4 is 15.2 Å². The zero-order valence-corrected chi connectivity index (χ0v) is 13.6. The van der Waals surface area contributed by atoms with Gasteiger partial charge < -0.3 is 20.1 Å². The Bertz CT molecular complexity index is 515. The van der Waals surface area contributed by atoms with Gasteiger partial charge in [0, 0.05) is 17.6 Å². The van der Waals surface area contributed by atoms with Crippen LogP contribution in [0.4, 0.5) is 0 Å². The highest BCUT2D eigenvalue weighted by Gasteiger charge is 2.27. The molecule has 0 atom stereocenters. The summed E-state index contributed by atoms with van der Waals surface area (Å²) < 4.78 is 11.5. The molecule has 1 aromatic rings. The molecular formula is C14H20BrN3O2. The molecular weight excluding hydrogens is 322 g/mol. The third-order valence-electron chi connectivity index (χ3n) is 3.42. The van der Waals surface area contributed by atoms with Gasteiger partial charge in [-0.3, -0.25) is 0 Å². The van der Waals surface area contributed by atoms with Crippen LogP contribution >= 0.6 is 15.9 Å². The van der Waals surface area contributed by atoms with Crippen molar-refractivity contribution in [1.82, 2.24) is 4.90 Å². The molecule has 110 valence electrons. The third kappa shape index (κ3) is 3.36. The van der Waals surface area contributed by atoms with Crippen molar-refractivity contribution < 1.29 is 9.47 Å². The highest BCUT2D eigenvalue weighted by molar-refractivity contribution is 9.10. The van der Waals surface area contributed by atoms with Crippen molar-refractivity contribution in [3.8, 4) is 11.5 Å². The summed E-state index contributed by atoms with van der Waals surface area (Å²) in [5.74, 6) is 1.96. The number of ether oxygens (including phenoxy) is 2. The zero-order chi connectivity index (χ0) is 14.7. The quantitative estimate of drug-likeness (QED) is 0.659. The topological polar surface area (TPSA) is 60.1 Å². The molecule has 2 N–H and O–H groups in total. The van der Waals surface area contributed by atoms with Gasteiger partial charge in [-0.1, -0.05) is 15.9 Å². The molecule has 0 unspecified atom stereocenters. The van der Waals surface area contributed by atoms with Crippen molar-refractivity contribution in [2.45, 2.75) is 25.4 Å². The summed E-state index contributed by atoms with van der Waals surface area (Å²) in [6.45, 7) is 0.504. The number of aliphatic imine (C=N–C) groups is 1. The van der Waals surface area contributed by atoms with Crippen LogP contribution in [0.1, 0.15) is 18.4 Å². The maximum Gasteiger partial charge on any atom is 0.191 e. The second kappa shape index (κ2) is 6.35. The summed E-state index contributed by atoms with van der Waals surface area (Å²) in [6, 6.07) is 4.36. The first-order chi connectivity index (χ1) is 9.56. The average molecular weight is 342 g/mol. The summed E-state index contributed by atoms with van der Waals surface area (Å²) >= 11 is 3.52. The molecule has 1 aromatic carbocycles. The molecule has 20 heavy (non-hydrogen) atoms. The highest BCUT2D eigenvalue weighted by Crippen LogP contribution is 2.33. The van der Waals surface area contributed by atoms with Crippen molar-refractivity contribution in [3.63, 3.8) is 0 Å². The fourth-order valence-electron chi connectivity index (χ4n) is 1.94. The molecule has 0 bridgehead atoms. The molecule has 1 aliphatic rings. The Morgan fingerprint density at radius 3 is 2.50 bits per heavy atom. The van der Waals surface area contributed by atoms with Gasteiger partial charge in [0.25, 0.3) is 0 Å². The molecule has 0 heterocycles. The van der Waals surface area contributed by atoms with E-state index in [1.54, 1.807) is 14.2 Å². The van der Waals surface area contributed by atoms with Crippen molar-refractivity contribution >= 4 is 21.9 Å². The van der Waals surface area contributed by atoms with Gasteiger partial charge in [0.15, 0.2) is 17.5 Å². The monoisotopic (exact) mass is 341 g/mol. The molecule has 1 aliphatic carbocycles. The lowest BCUT2D eigenvalue weighted by molar-refractivity contribution is 0.354. The number of rotatable bonds is 5. The lowest BCUT2D eigenvalue weighted by atomic mass is 10.2. The summed E-state index contributed by atoms with van der Waals surface area (Å²) in [5, 5.41) is 0. The first kappa shape index (κ1) is 15.0.